The average molecular weight is 271 g/mol. The molecule has 1 rings (SSSR count). The first-order valence-electron chi connectivity index (χ1n) is 7.22. The third-order valence-electron chi connectivity index (χ3n) is 3.59. The second-order valence-electron chi connectivity index (χ2n) is 5.17. The first-order valence-corrected chi connectivity index (χ1v) is 7.22. The van der Waals surface area contributed by atoms with Crippen molar-refractivity contribution in [3.05, 3.63) is 0 Å². The fourth-order valence-electron chi connectivity index (χ4n) is 2.57. The molecule has 0 aromatic rings. The number of carbonyl (C=O) groups excluding carboxylic acids is 1. The zero-order chi connectivity index (χ0) is 14.1. The molecule has 5 heteroatoms. The first kappa shape index (κ1) is 16.0. The molecule has 1 atom stereocenters. The molecule has 110 valence electrons. The van der Waals surface area contributed by atoms with Crippen LogP contribution in [-0.4, -0.2) is 36.2 Å². The van der Waals surface area contributed by atoms with Crippen molar-refractivity contribution < 1.29 is 19.4 Å². The maximum absolute atomic E-state index is 11.7. The molecule has 1 aliphatic rings. The van der Waals surface area contributed by atoms with Crippen LogP contribution < -0.4 is 5.32 Å². The van der Waals surface area contributed by atoms with Crippen molar-refractivity contribution >= 4 is 11.9 Å². The molecule has 0 aromatic heterocycles. The number of carbonyl (C=O) groups is 2. The molecule has 0 saturated heterocycles. The van der Waals surface area contributed by atoms with Crippen molar-refractivity contribution in [3.8, 4) is 0 Å². The summed E-state index contributed by atoms with van der Waals surface area (Å²) in [6.07, 6.45) is 6.05. The SMILES string of the molecule is CCOC(CNC(=O)CCC1CCCC1)CC(=O)O. The van der Waals surface area contributed by atoms with Gasteiger partial charge in [-0.15, -0.1) is 0 Å². The Hall–Kier alpha value is -1.10. The second kappa shape index (κ2) is 8.91. The van der Waals surface area contributed by atoms with E-state index < -0.39 is 12.1 Å². The molecule has 1 unspecified atom stereocenters. The van der Waals surface area contributed by atoms with E-state index in [9.17, 15) is 9.59 Å². The lowest BCUT2D eigenvalue weighted by Gasteiger charge is -2.16. The summed E-state index contributed by atoms with van der Waals surface area (Å²) in [5, 5.41) is 11.5. The van der Waals surface area contributed by atoms with Crippen molar-refractivity contribution in [3.63, 3.8) is 0 Å². The number of aliphatic carboxylic acids is 1. The summed E-state index contributed by atoms with van der Waals surface area (Å²) in [4.78, 5) is 22.3. The molecule has 0 spiro atoms. The van der Waals surface area contributed by atoms with Gasteiger partial charge < -0.3 is 15.2 Å². The number of carboxylic acid groups (broad SMARTS) is 1. The van der Waals surface area contributed by atoms with Gasteiger partial charge in [0.25, 0.3) is 0 Å². The molecule has 1 fully saturated rings. The second-order valence-corrected chi connectivity index (χ2v) is 5.17. The largest absolute Gasteiger partial charge is 0.481 e. The predicted molar refractivity (Wildman–Crippen MR) is 71.9 cm³/mol. The lowest BCUT2D eigenvalue weighted by molar-refractivity contribution is -0.140. The van der Waals surface area contributed by atoms with E-state index >= 15 is 0 Å². The molecule has 0 aromatic carbocycles. The van der Waals surface area contributed by atoms with Crippen LogP contribution in [0.2, 0.25) is 0 Å². The summed E-state index contributed by atoms with van der Waals surface area (Å²) in [5.41, 5.74) is 0. The molecular weight excluding hydrogens is 246 g/mol. The van der Waals surface area contributed by atoms with Gasteiger partial charge in [-0.05, 0) is 19.3 Å². The minimum atomic E-state index is -0.904. The lowest BCUT2D eigenvalue weighted by Crippen LogP contribution is -2.35. The van der Waals surface area contributed by atoms with Crippen molar-refractivity contribution in [2.24, 2.45) is 5.92 Å². The molecule has 0 bridgehead atoms. The Morgan fingerprint density at radius 1 is 1.37 bits per heavy atom. The van der Waals surface area contributed by atoms with E-state index in [1.165, 1.54) is 25.7 Å². The summed E-state index contributed by atoms with van der Waals surface area (Å²) >= 11 is 0. The Labute approximate surface area is 114 Å². The van der Waals surface area contributed by atoms with Gasteiger partial charge in [-0.25, -0.2) is 0 Å². The van der Waals surface area contributed by atoms with Gasteiger partial charge in [0.2, 0.25) is 5.91 Å². The number of amides is 1. The van der Waals surface area contributed by atoms with E-state index in [2.05, 4.69) is 5.32 Å². The summed E-state index contributed by atoms with van der Waals surface area (Å²) < 4.78 is 5.29. The smallest absolute Gasteiger partial charge is 0.306 e. The Morgan fingerprint density at radius 2 is 2.05 bits per heavy atom. The van der Waals surface area contributed by atoms with E-state index in [4.69, 9.17) is 9.84 Å². The van der Waals surface area contributed by atoms with Crippen LogP contribution in [0.1, 0.15) is 51.9 Å². The van der Waals surface area contributed by atoms with Crippen molar-refractivity contribution in [2.75, 3.05) is 13.2 Å². The number of rotatable bonds is 9. The van der Waals surface area contributed by atoms with Crippen molar-refractivity contribution in [2.45, 2.75) is 58.0 Å². The summed E-state index contributed by atoms with van der Waals surface area (Å²) in [6.45, 7) is 2.55. The van der Waals surface area contributed by atoms with Gasteiger partial charge in [-0.2, -0.15) is 0 Å². The minimum Gasteiger partial charge on any atom is -0.481 e. The third kappa shape index (κ3) is 7.15. The maximum Gasteiger partial charge on any atom is 0.306 e. The Kier molecular flexibility index (Phi) is 7.48. The summed E-state index contributed by atoms with van der Waals surface area (Å²) in [7, 11) is 0. The number of ether oxygens (including phenoxy) is 1. The molecule has 5 nitrogen and oxygen atoms in total. The van der Waals surface area contributed by atoms with Gasteiger partial charge >= 0.3 is 5.97 Å². The van der Waals surface area contributed by atoms with Crippen molar-refractivity contribution in [1.29, 1.82) is 0 Å². The Balaban J connectivity index is 2.16. The summed E-state index contributed by atoms with van der Waals surface area (Å²) in [6, 6.07) is 0. The molecule has 0 aliphatic heterocycles. The molecule has 0 heterocycles. The fourth-order valence-corrected chi connectivity index (χ4v) is 2.57. The fraction of sp³-hybridized carbons (Fsp3) is 0.857. The van der Waals surface area contributed by atoms with Crippen LogP contribution in [0.15, 0.2) is 0 Å². The van der Waals surface area contributed by atoms with Gasteiger partial charge in [-0.3, -0.25) is 9.59 Å². The van der Waals surface area contributed by atoms with E-state index in [0.717, 1.165) is 6.42 Å². The number of carboxylic acids is 1. The zero-order valence-electron chi connectivity index (χ0n) is 11.7. The third-order valence-corrected chi connectivity index (χ3v) is 3.59. The minimum absolute atomic E-state index is 0.00184. The maximum atomic E-state index is 11.7. The van der Waals surface area contributed by atoms with Crippen LogP contribution in [0, 0.1) is 5.92 Å². The standard InChI is InChI=1S/C14H25NO4/c1-2-19-12(9-14(17)18)10-15-13(16)8-7-11-5-3-4-6-11/h11-12H,2-10H2,1H3,(H,15,16)(H,17,18). The molecule has 2 N–H and O–H groups in total. The van der Waals surface area contributed by atoms with Crippen molar-refractivity contribution in [1.82, 2.24) is 5.32 Å². The molecular formula is C14H25NO4. The highest BCUT2D eigenvalue weighted by Crippen LogP contribution is 2.28. The number of hydrogen-bond acceptors (Lipinski definition) is 3. The highest BCUT2D eigenvalue weighted by molar-refractivity contribution is 5.76. The van der Waals surface area contributed by atoms with E-state index in [1.807, 2.05) is 6.92 Å². The van der Waals surface area contributed by atoms with E-state index in [-0.39, 0.29) is 18.9 Å². The summed E-state index contributed by atoms with van der Waals surface area (Å²) in [5.74, 6) is -0.201. The normalized spacial score (nSPS) is 17.3. The van der Waals surface area contributed by atoms with Crippen LogP contribution in [0.25, 0.3) is 0 Å². The Morgan fingerprint density at radius 3 is 2.63 bits per heavy atom. The first-order chi connectivity index (χ1) is 9.11. The van der Waals surface area contributed by atoms with Gasteiger partial charge in [0.1, 0.15) is 0 Å². The van der Waals surface area contributed by atoms with Crippen LogP contribution in [0.4, 0.5) is 0 Å². The number of nitrogens with one attached hydrogen (secondary N) is 1. The highest BCUT2D eigenvalue weighted by atomic mass is 16.5. The van der Waals surface area contributed by atoms with Gasteiger partial charge in [0, 0.05) is 19.6 Å². The van der Waals surface area contributed by atoms with Gasteiger partial charge in [0.15, 0.2) is 0 Å². The van der Waals surface area contributed by atoms with E-state index in [0.29, 0.717) is 18.9 Å². The molecule has 1 saturated carbocycles. The molecule has 19 heavy (non-hydrogen) atoms. The highest BCUT2D eigenvalue weighted by Gasteiger charge is 2.17. The van der Waals surface area contributed by atoms with Crippen LogP contribution in [0.5, 0.6) is 0 Å². The lowest BCUT2D eigenvalue weighted by atomic mass is 10.0. The monoisotopic (exact) mass is 271 g/mol. The quantitative estimate of drug-likeness (QED) is 0.672. The van der Waals surface area contributed by atoms with E-state index in [1.54, 1.807) is 0 Å². The molecule has 1 amide bonds. The number of hydrogen-bond donors (Lipinski definition) is 2. The topological polar surface area (TPSA) is 75.6 Å². The zero-order valence-corrected chi connectivity index (χ0v) is 11.7. The Bertz CT molecular complexity index is 287. The van der Waals surface area contributed by atoms with Gasteiger partial charge in [-0.1, -0.05) is 25.7 Å². The van der Waals surface area contributed by atoms with Gasteiger partial charge in [0.05, 0.1) is 12.5 Å². The van der Waals surface area contributed by atoms with Crippen LogP contribution >= 0.6 is 0 Å². The predicted octanol–water partition coefficient (Wildman–Crippen LogP) is 1.95. The van der Waals surface area contributed by atoms with Crippen LogP contribution in [0.3, 0.4) is 0 Å². The molecule has 1 aliphatic carbocycles. The van der Waals surface area contributed by atoms with Crippen LogP contribution in [-0.2, 0) is 14.3 Å². The molecule has 0 radical (unpaired) electrons. The average Bonchev–Trinajstić information content (AvgIpc) is 2.86.